The molecule has 7 N–H and O–H groups in total. The summed E-state index contributed by atoms with van der Waals surface area (Å²) in [5, 5.41) is 33.1. The van der Waals surface area contributed by atoms with Gasteiger partial charge in [-0.15, -0.1) is 0 Å². The zero-order valence-corrected chi connectivity index (χ0v) is 21.4. The van der Waals surface area contributed by atoms with Crippen molar-refractivity contribution < 1.29 is 39.3 Å². The van der Waals surface area contributed by atoms with E-state index in [4.69, 9.17) is 10.8 Å². The van der Waals surface area contributed by atoms with Crippen molar-refractivity contribution in [1.29, 1.82) is 0 Å². The molecule has 1 aliphatic heterocycles. The van der Waals surface area contributed by atoms with Gasteiger partial charge in [-0.25, -0.2) is 4.79 Å². The van der Waals surface area contributed by atoms with Crippen molar-refractivity contribution in [2.24, 2.45) is 5.73 Å². The van der Waals surface area contributed by atoms with E-state index in [1.54, 1.807) is 12.1 Å². The molecule has 13 heteroatoms. The monoisotopic (exact) mass is 538 g/mol. The Kier molecular flexibility index (Phi) is 11.7. The number of thioether (sulfide) groups is 1. The number of amides is 3. The smallest absolute Gasteiger partial charge is 0.326 e. The lowest BCUT2D eigenvalue weighted by molar-refractivity contribution is -0.149. The van der Waals surface area contributed by atoms with Gasteiger partial charge in [0.25, 0.3) is 0 Å². The molecule has 1 aromatic carbocycles. The van der Waals surface area contributed by atoms with Crippen molar-refractivity contribution in [1.82, 2.24) is 15.5 Å². The fourth-order valence-corrected chi connectivity index (χ4v) is 4.49. The van der Waals surface area contributed by atoms with Crippen LogP contribution >= 0.6 is 11.8 Å². The SMILES string of the molecule is CSCCC(NC(=O)C(Cc1ccc(O)cc1)NC(=O)C(N)CCC(=O)O)C(=O)N1CCCC1C(=O)O. The number of nitrogens with two attached hydrogens (primary N) is 1. The average molecular weight is 539 g/mol. The number of likely N-dealkylation sites (tertiary alicyclic amines) is 1. The predicted octanol–water partition coefficient (Wildman–Crippen LogP) is -0.0749. The van der Waals surface area contributed by atoms with Crippen LogP contribution < -0.4 is 16.4 Å². The number of aromatic hydroxyl groups is 1. The highest BCUT2D eigenvalue weighted by Crippen LogP contribution is 2.20. The number of phenols is 1. The molecule has 2 rings (SSSR count). The molecule has 1 heterocycles. The third-order valence-electron chi connectivity index (χ3n) is 6.06. The van der Waals surface area contributed by atoms with Crippen LogP contribution in [-0.2, 0) is 30.4 Å². The molecule has 0 aromatic heterocycles. The first-order valence-electron chi connectivity index (χ1n) is 11.9. The quantitative estimate of drug-likeness (QED) is 0.186. The molecule has 204 valence electrons. The van der Waals surface area contributed by atoms with Crippen molar-refractivity contribution in [3.8, 4) is 5.75 Å². The van der Waals surface area contributed by atoms with Gasteiger partial charge in [-0.3, -0.25) is 19.2 Å². The van der Waals surface area contributed by atoms with Crippen LogP contribution in [0.25, 0.3) is 0 Å². The summed E-state index contributed by atoms with van der Waals surface area (Å²) < 4.78 is 0. The lowest BCUT2D eigenvalue weighted by Crippen LogP contribution is -2.57. The molecule has 1 fully saturated rings. The van der Waals surface area contributed by atoms with Crippen LogP contribution in [0.5, 0.6) is 5.75 Å². The Morgan fingerprint density at radius 1 is 1.05 bits per heavy atom. The number of rotatable bonds is 14. The minimum Gasteiger partial charge on any atom is -0.508 e. The molecule has 0 saturated carbocycles. The Hall–Kier alpha value is -3.32. The standard InChI is InChI=1S/C24H34N4O8S/c1-37-12-10-17(23(34)28-11-2-3-19(28)24(35)36)26-22(33)18(13-14-4-6-15(29)7-5-14)27-21(32)16(25)8-9-20(30)31/h4-7,16-19,29H,2-3,8-13,25H2,1H3,(H,26,33)(H,27,32)(H,30,31)(H,35,36). The average Bonchev–Trinajstić information content (AvgIpc) is 3.35. The molecule has 12 nitrogen and oxygen atoms in total. The number of benzene rings is 1. The van der Waals surface area contributed by atoms with E-state index in [0.717, 1.165) is 0 Å². The zero-order chi connectivity index (χ0) is 27.5. The second-order valence-corrected chi connectivity index (χ2v) is 9.83. The third kappa shape index (κ3) is 9.25. The highest BCUT2D eigenvalue weighted by molar-refractivity contribution is 7.98. The lowest BCUT2D eigenvalue weighted by atomic mass is 10.0. The van der Waals surface area contributed by atoms with Gasteiger partial charge >= 0.3 is 11.9 Å². The number of phenolic OH excluding ortho intramolecular Hbond substituents is 1. The first-order valence-corrected chi connectivity index (χ1v) is 13.3. The molecule has 4 atom stereocenters. The summed E-state index contributed by atoms with van der Waals surface area (Å²) in [6, 6.07) is 1.71. The molecule has 0 bridgehead atoms. The van der Waals surface area contributed by atoms with Crippen LogP contribution in [-0.4, -0.2) is 92.6 Å². The van der Waals surface area contributed by atoms with E-state index in [1.165, 1.54) is 28.8 Å². The van der Waals surface area contributed by atoms with E-state index in [9.17, 15) is 34.2 Å². The normalized spacial score (nSPS) is 17.5. The number of nitrogens with zero attached hydrogens (tertiary/aromatic N) is 1. The zero-order valence-electron chi connectivity index (χ0n) is 20.6. The largest absolute Gasteiger partial charge is 0.508 e. The van der Waals surface area contributed by atoms with Gasteiger partial charge in [0, 0.05) is 19.4 Å². The molecule has 37 heavy (non-hydrogen) atoms. The summed E-state index contributed by atoms with van der Waals surface area (Å²) in [5.41, 5.74) is 6.42. The number of carbonyl (C=O) groups excluding carboxylic acids is 3. The Morgan fingerprint density at radius 2 is 1.70 bits per heavy atom. The highest BCUT2D eigenvalue weighted by atomic mass is 32.2. The van der Waals surface area contributed by atoms with Crippen LogP contribution in [0.1, 0.15) is 37.7 Å². The van der Waals surface area contributed by atoms with Crippen molar-refractivity contribution >= 4 is 41.4 Å². The van der Waals surface area contributed by atoms with Crippen molar-refractivity contribution in [2.45, 2.75) is 62.7 Å². The van der Waals surface area contributed by atoms with Gasteiger partial charge in [-0.1, -0.05) is 12.1 Å². The van der Waals surface area contributed by atoms with Crippen molar-refractivity contribution in [3.05, 3.63) is 29.8 Å². The number of carboxylic acids is 2. The summed E-state index contributed by atoms with van der Waals surface area (Å²) in [5.74, 6) is -3.56. The second-order valence-electron chi connectivity index (χ2n) is 8.84. The summed E-state index contributed by atoms with van der Waals surface area (Å²) in [4.78, 5) is 62.9. The van der Waals surface area contributed by atoms with E-state index in [2.05, 4.69) is 10.6 Å². The number of carboxylic acid groups (broad SMARTS) is 2. The summed E-state index contributed by atoms with van der Waals surface area (Å²) in [6.45, 7) is 0.271. The second kappa shape index (κ2) is 14.4. The minimum absolute atomic E-state index is 0.00834. The number of aliphatic carboxylic acids is 2. The van der Waals surface area contributed by atoms with Crippen LogP contribution in [0.15, 0.2) is 24.3 Å². The maximum absolute atomic E-state index is 13.3. The molecular formula is C24H34N4O8S. The minimum atomic E-state index is -1.17. The summed E-state index contributed by atoms with van der Waals surface area (Å²) >= 11 is 1.46. The van der Waals surface area contributed by atoms with E-state index in [0.29, 0.717) is 24.2 Å². The maximum Gasteiger partial charge on any atom is 0.326 e. The lowest BCUT2D eigenvalue weighted by Gasteiger charge is -2.29. The fraction of sp³-hybridized carbons (Fsp3) is 0.542. The van der Waals surface area contributed by atoms with Crippen LogP contribution in [0.4, 0.5) is 0 Å². The van der Waals surface area contributed by atoms with E-state index in [1.807, 2.05) is 6.26 Å². The van der Waals surface area contributed by atoms with Gasteiger partial charge in [0.15, 0.2) is 0 Å². The Morgan fingerprint density at radius 3 is 2.30 bits per heavy atom. The van der Waals surface area contributed by atoms with Crippen molar-refractivity contribution in [2.75, 3.05) is 18.6 Å². The van der Waals surface area contributed by atoms with Crippen LogP contribution in [0.2, 0.25) is 0 Å². The number of hydrogen-bond acceptors (Lipinski definition) is 8. The van der Waals surface area contributed by atoms with Gasteiger partial charge < -0.3 is 36.6 Å². The Labute approximate surface area is 219 Å². The topological polar surface area (TPSA) is 199 Å². The van der Waals surface area contributed by atoms with Gasteiger partial charge in [-0.2, -0.15) is 11.8 Å². The van der Waals surface area contributed by atoms with Gasteiger partial charge in [0.05, 0.1) is 6.04 Å². The van der Waals surface area contributed by atoms with Crippen LogP contribution in [0, 0.1) is 0 Å². The van der Waals surface area contributed by atoms with E-state index >= 15 is 0 Å². The third-order valence-corrected chi connectivity index (χ3v) is 6.71. The Bertz CT molecular complexity index is 974. The molecular weight excluding hydrogens is 504 g/mol. The molecule has 1 aliphatic rings. The predicted molar refractivity (Wildman–Crippen MR) is 136 cm³/mol. The first kappa shape index (κ1) is 29.9. The summed E-state index contributed by atoms with van der Waals surface area (Å²) in [7, 11) is 0. The number of nitrogens with one attached hydrogen (secondary N) is 2. The summed E-state index contributed by atoms with van der Waals surface area (Å²) in [6.07, 6.45) is 2.52. The molecule has 3 amide bonds. The van der Waals surface area contributed by atoms with Gasteiger partial charge in [-0.05, 0) is 55.4 Å². The molecule has 0 radical (unpaired) electrons. The first-order chi connectivity index (χ1) is 17.5. The molecule has 1 aromatic rings. The number of hydrogen-bond donors (Lipinski definition) is 6. The molecule has 0 spiro atoms. The highest BCUT2D eigenvalue weighted by Gasteiger charge is 2.38. The molecule has 1 saturated heterocycles. The van der Waals surface area contributed by atoms with Gasteiger partial charge in [0.1, 0.15) is 23.9 Å². The van der Waals surface area contributed by atoms with E-state index in [-0.39, 0.29) is 38.0 Å². The fourth-order valence-electron chi connectivity index (χ4n) is 4.02. The molecule has 4 unspecified atom stereocenters. The van der Waals surface area contributed by atoms with Crippen molar-refractivity contribution in [3.63, 3.8) is 0 Å². The number of carbonyl (C=O) groups is 5. The van der Waals surface area contributed by atoms with Crippen LogP contribution in [0.3, 0.4) is 0 Å². The van der Waals surface area contributed by atoms with Gasteiger partial charge in [0.2, 0.25) is 17.7 Å². The Balaban J connectivity index is 2.22. The maximum atomic E-state index is 13.3. The molecule has 0 aliphatic carbocycles. The van der Waals surface area contributed by atoms with E-state index < -0.39 is 53.8 Å².